The number of amides is 1. The predicted molar refractivity (Wildman–Crippen MR) is 143 cm³/mol. The summed E-state index contributed by atoms with van der Waals surface area (Å²) >= 11 is 5.50. The van der Waals surface area contributed by atoms with Gasteiger partial charge < -0.3 is 20.3 Å². The number of nitrogens with zero attached hydrogens (tertiary/aromatic N) is 1. The monoisotopic (exact) mass is 487 g/mol. The highest BCUT2D eigenvalue weighted by Crippen LogP contribution is 2.32. The van der Waals surface area contributed by atoms with Gasteiger partial charge in [0, 0.05) is 24.0 Å². The van der Waals surface area contributed by atoms with Gasteiger partial charge in [0.05, 0.1) is 18.2 Å². The van der Waals surface area contributed by atoms with Crippen LogP contribution in [0.25, 0.3) is 10.8 Å². The molecule has 1 heterocycles. The summed E-state index contributed by atoms with van der Waals surface area (Å²) in [6, 6.07) is 20.4. The molecule has 0 radical (unpaired) electrons. The highest BCUT2D eigenvalue weighted by molar-refractivity contribution is 7.80. The SMILES string of the molecule is CC1=C(C(=O)OCC(C)C)C(c2cccc(NC(=O)c3cccc4ccccc34)c2)NC(=S)N1C. The molecule has 0 saturated carbocycles. The Labute approximate surface area is 211 Å². The number of thiocarbonyl (C=S) groups is 1. The average molecular weight is 488 g/mol. The average Bonchev–Trinajstić information content (AvgIpc) is 2.85. The summed E-state index contributed by atoms with van der Waals surface area (Å²) in [4.78, 5) is 28.0. The fourth-order valence-electron chi connectivity index (χ4n) is 4.09. The number of benzene rings is 3. The standard InChI is InChI=1S/C28H29N3O3S/c1-17(2)16-34-27(33)24-18(3)31(4)28(35)30-25(24)20-11-7-12-21(15-20)29-26(32)23-14-8-10-19-9-5-6-13-22(19)23/h5-15,17,25H,16H2,1-4H3,(H,29,32)(H,30,35). The molecule has 0 spiro atoms. The van der Waals surface area contributed by atoms with Crippen molar-refractivity contribution in [2.45, 2.75) is 26.8 Å². The topological polar surface area (TPSA) is 70.7 Å². The summed E-state index contributed by atoms with van der Waals surface area (Å²) in [6.45, 7) is 6.18. The van der Waals surface area contributed by atoms with Crippen LogP contribution < -0.4 is 10.6 Å². The zero-order valence-electron chi connectivity index (χ0n) is 20.3. The number of fused-ring (bicyclic) bond motifs is 1. The fraction of sp³-hybridized carbons (Fsp3) is 0.250. The third-order valence-corrected chi connectivity index (χ3v) is 6.43. The van der Waals surface area contributed by atoms with E-state index in [1.165, 1.54) is 0 Å². The van der Waals surface area contributed by atoms with Gasteiger partial charge in [-0.25, -0.2) is 4.79 Å². The van der Waals surface area contributed by atoms with Crippen LogP contribution in [0, 0.1) is 5.92 Å². The predicted octanol–water partition coefficient (Wildman–Crippen LogP) is 5.43. The van der Waals surface area contributed by atoms with Gasteiger partial charge in [-0.1, -0.05) is 62.4 Å². The van der Waals surface area contributed by atoms with Gasteiger partial charge in [-0.15, -0.1) is 0 Å². The second kappa shape index (κ2) is 10.3. The second-order valence-corrected chi connectivity index (χ2v) is 9.43. The highest BCUT2D eigenvalue weighted by Gasteiger charge is 2.33. The van der Waals surface area contributed by atoms with Crippen molar-refractivity contribution in [3.63, 3.8) is 0 Å². The Bertz CT molecular complexity index is 1330. The Hall–Kier alpha value is -3.71. The van der Waals surface area contributed by atoms with Gasteiger partial charge in [-0.3, -0.25) is 4.79 Å². The van der Waals surface area contributed by atoms with Crippen molar-refractivity contribution < 1.29 is 14.3 Å². The van der Waals surface area contributed by atoms with Gasteiger partial charge in [-0.05, 0) is 59.6 Å². The quantitative estimate of drug-likeness (QED) is 0.357. The number of anilines is 1. The number of allylic oxidation sites excluding steroid dienone is 1. The van der Waals surface area contributed by atoms with E-state index in [2.05, 4.69) is 10.6 Å². The lowest BCUT2D eigenvalue weighted by Crippen LogP contribution is -2.46. The number of carbonyl (C=O) groups excluding carboxylic acids is 2. The van der Waals surface area contributed by atoms with E-state index in [1.54, 1.807) is 4.90 Å². The molecule has 1 unspecified atom stereocenters. The number of ether oxygens (including phenoxy) is 1. The number of hydrogen-bond donors (Lipinski definition) is 2. The zero-order valence-corrected chi connectivity index (χ0v) is 21.1. The normalized spacial score (nSPS) is 15.9. The lowest BCUT2D eigenvalue weighted by atomic mass is 9.94. The van der Waals surface area contributed by atoms with Crippen molar-refractivity contribution in [3.05, 3.63) is 89.1 Å². The summed E-state index contributed by atoms with van der Waals surface area (Å²) in [6.07, 6.45) is 0. The largest absolute Gasteiger partial charge is 0.462 e. The number of carbonyl (C=O) groups is 2. The molecule has 1 aliphatic rings. The van der Waals surface area contributed by atoms with Crippen LogP contribution in [0.5, 0.6) is 0 Å². The minimum Gasteiger partial charge on any atom is -0.462 e. The Morgan fingerprint density at radius 2 is 1.80 bits per heavy atom. The molecule has 3 aromatic carbocycles. The van der Waals surface area contributed by atoms with Crippen LogP contribution in [0.15, 0.2) is 78.0 Å². The molecule has 3 aromatic rings. The Kier molecular flexibility index (Phi) is 7.17. The van der Waals surface area contributed by atoms with Crippen molar-refractivity contribution in [2.75, 3.05) is 19.0 Å². The van der Waals surface area contributed by atoms with Gasteiger partial charge in [0.25, 0.3) is 5.91 Å². The number of nitrogens with one attached hydrogen (secondary N) is 2. The number of rotatable bonds is 6. The van der Waals surface area contributed by atoms with Crippen molar-refractivity contribution in [1.29, 1.82) is 0 Å². The maximum Gasteiger partial charge on any atom is 0.338 e. The Balaban J connectivity index is 1.64. The van der Waals surface area contributed by atoms with Crippen molar-refractivity contribution in [3.8, 4) is 0 Å². The molecule has 4 rings (SSSR count). The van der Waals surface area contributed by atoms with Crippen LogP contribution >= 0.6 is 12.2 Å². The molecule has 180 valence electrons. The summed E-state index contributed by atoms with van der Waals surface area (Å²) in [5.74, 6) is -0.358. The van der Waals surface area contributed by atoms with Crippen molar-refractivity contribution in [2.24, 2.45) is 5.92 Å². The number of esters is 1. The fourth-order valence-corrected chi connectivity index (χ4v) is 4.34. The van der Waals surface area contributed by atoms with E-state index in [0.717, 1.165) is 22.0 Å². The molecule has 6 nitrogen and oxygen atoms in total. The van der Waals surface area contributed by atoms with E-state index in [9.17, 15) is 9.59 Å². The first-order valence-electron chi connectivity index (χ1n) is 11.6. The van der Waals surface area contributed by atoms with Crippen LogP contribution in [0.1, 0.15) is 42.7 Å². The first-order valence-corrected chi connectivity index (χ1v) is 12.0. The molecule has 0 bridgehead atoms. The third-order valence-electron chi connectivity index (χ3n) is 6.03. The number of hydrogen-bond acceptors (Lipinski definition) is 4. The molecule has 0 aromatic heterocycles. The molecule has 0 aliphatic carbocycles. The van der Waals surface area contributed by atoms with Gasteiger partial charge in [0.1, 0.15) is 0 Å². The van der Waals surface area contributed by atoms with Gasteiger partial charge >= 0.3 is 5.97 Å². The van der Waals surface area contributed by atoms with E-state index in [1.807, 2.05) is 94.5 Å². The molecular formula is C28H29N3O3S. The smallest absolute Gasteiger partial charge is 0.338 e. The van der Waals surface area contributed by atoms with Crippen LogP contribution in [0.4, 0.5) is 5.69 Å². The molecule has 1 amide bonds. The van der Waals surface area contributed by atoms with Crippen LogP contribution in [0.3, 0.4) is 0 Å². The summed E-state index contributed by atoms with van der Waals surface area (Å²) in [5, 5.41) is 8.66. The van der Waals surface area contributed by atoms with Gasteiger partial charge in [0.15, 0.2) is 5.11 Å². The van der Waals surface area contributed by atoms with Crippen LogP contribution in [0.2, 0.25) is 0 Å². The van der Waals surface area contributed by atoms with E-state index >= 15 is 0 Å². The van der Waals surface area contributed by atoms with Gasteiger partial charge in [0.2, 0.25) is 0 Å². The second-order valence-electron chi connectivity index (χ2n) is 9.04. The van der Waals surface area contributed by atoms with Crippen LogP contribution in [-0.4, -0.2) is 35.5 Å². The molecule has 0 saturated heterocycles. The van der Waals surface area contributed by atoms with E-state index < -0.39 is 6.04 Å². The summed E-state index contributed by atoms with van der Waals surface area (Å²) in [7, 11) is 1.82. The van der Waals surface area contributed by atoms with Crippen molar-refractivity contribution in [1.82, 2.24) is 10.2 Å². The highest BCUT2D eigenvalue weighted by atomic mass is 32.1. The lowest BCUT2D eigenvalue weighted by Gasteiger charge is -2.35. The maximum atomic E-state index is 13.1. The van der Waals surface area contributed by atoms with E-state index in [-0.39, 0.29) is 17.8 Å². The molecule has 1 aliphatic heterocycles. The Morgan fingerprint density at radius 3 is 2.57 bits per heavy atom. The lowest BCUT2D eigenvalue weighted by molar-refractivity contribution is -0.140. The van der Waals surface area contributed by atoms with Crippen molar-refractivity contribution >= 4 is 45.7 Å². The molecule has 2 N–H and O–H groups in total. The molecule has 1 atom stereocenters. The zero-order chi connectivity index (χ0) is 25.1. The molecule has 35 heavy (non-hydrogen) atoms. The first-order chi connectivity index (χ1) is 16.8. The first kappa shape index (κ1) is 24.4. The van der Waals surface area contributed by atoms with Gasteiger partial charge in [-0.2, -0.15) is 0 Å². The maximum absolute atomic E-state index is 13.1. The molecule has 7 heteroatoms. The molecular weight excluding hydrogens is 458 g/mol. The minimum atomic E-state index is -0.493. The van der Waals surface area contributed by atoms with Crippen LogP contribution in [-0.2, 0) is 9.53 Å². The minimum absolute atomic E-state index is 0.200. The van der Waals surface area contributed by atoms with E-state index in [4.69, 9.17) is 17.0 Å². The summed E-state index contributed by atoms with van der Waals surface area (Å²) < 4.78 is 5.57. The Morgan fingerprint density at radius 1 is 1.09 bits per heavy atom. The van der Waals surface area contributed by atoms with E-state index in [0.29, 0.717) is 28.5 Å². The third kappa shape index (κ3) is 5.20. The molecule has 0 fully saturated rings. The summed E-state index contributed by atoms with van der Waals surface area (Å²) in [5.41, 5.74) is 3.25.